The van der Waals surface area contributed by atoms with E-state index in [1.807, 2.05) is 0 Å². The largest absolute Gasteiger partial charge is 0.486 e. The Balaban J connectivity index is 2.25. The van der Waals surface area contributed by atoms with Crippen LogP contribution in [0.1, 0.15) is 19.3 Å². The van der Waals surface area contributed by atoms with Crippen molar-refractivity contribution < 1.29 is 9.13 Å². The van der Waals surface area contributed by atoms with Gasteiger partial charge in [0.25, 0.3) is 0 Å². The van der Waals surface area contributed by atoms with Gasteiger partial charge in [-0.25, -0.2) is 4.98 Å². The Bertz CT molecular complexity index is 355. The summed E-state index contributed by atoms with van der Waals surface area (Å²) in [5.74, 6) is -0.518. The van der Waals surface area contributed by atoms with Crippen LogP contribution >= 0.6 is 15.9 Å². The van der Waals surface area contributed by atoms with Gasteiger partial charge in [0.1, 0.15) is 0 Å². The van der Waals surface area contributed by atoms with Crippen LogP contribution in [0.5, 0.6) is 5.75 Å². The Morgan fingerprint density at radius 3 is 2.86 bits per heavy atom. The first kappa shape index (κ1) is 9.71. The Hall–Kier alpha value is -0.840. The zero-order chi connectivity index (χ0) is 10.1. The molecule has 0 unspecified atom stereocenters. The highest BCUT2D eigenvalue weighted by Crippen LogP contribution is 2.34. The molecule has 0 bridgehead atoms. The summed E-state index contributed by atoms with van der Waals surface area (Å²) in [5, 5.41) is 0. The number of halogens is 2. The summed E-state index contributed by atoms with van der Waals surface area (Å²) in [5.41, 5.74) is 5.34. The van der Waals surface area contributed by atoms with E-state index in [1.54, 1.807) is 0 Å². The molecule has 14 heavy (non-hydrogen) atoms. The molecule has 1 heterocycles. The maximum absolute atomic E-state index is 13.4. The molecule has 0 radical (unpaired) electrons. The average molecular weight is 261 g/mol. The van der Waals surface area contributed by atoms with Crippen molar-refractivity contribution in [2.24, 2.45) is 0 Å². The lowest BCUT2D eigenvalue weighted by atomic mass is 9.96. The molecule has 76 valence electrons. The van der Waals surface area contributed by atoms with Crippen LogP contribution in [0.25, 0.3) is 0 Å². The molecule has 0 aliphatic heterocycles. The molecular formula is C9H10BrFN2O. The van der Waals surface area contributed by atoms with Gasteiger partial charge in [0.15, 0.2) is 11.6 Å². The van der Waals surface area contributed by atoms with E-state index in [4.69, 9.17) is 10.5 Å². The first-order valence-corrected chi connectivity index (χ1v) is 5.24. The van der Waals surface area contributed by atoms with Crippen LogP contribution in [0.4, 0.5) is 10.2 Å². The van der Waals surface area contributed by atoms with Gasteiger partial charge >= 0.3 is 0 Å². The lowest BCUT2D eigenvalue weighted by Gasteiger charge is -2.27. The van der Waals surface area contributed by atoms with Gasteiger partial charge in [0.2, 0.25) is 5.82 Å². The molecule has 1 aliphatic rings. The predicted molar refractivity (Wildman–Crippen MR) is 54.6 cm³/mol. The maximum atomic E-state index is 13.4. The van der Waals surface area contributed by atoms with Crippen molar-refractivity contribution in [1.82, 2.24) is 4.98 Å². The second-order valence-corrected chi connectivity index (χ2v) is 4.16. The summed E-state index contributed by atoms with van der Waals surface area (Å²) in [4.78, 5) is 3.67. The lowest BCUT2D eigenvalue weighted by Crippen LogP contribution is -2.25. The minimum Gasteiger partial charge on any atom is -0.486 e. The van der Waals surface area contributed by atoms with Gasteiger partial charge in [0, 0.05) is 6.20 Å². The van der Waals surface area contributed by atoms with Gasteiger partial charge in [-0.15, -0.1) is 0 Å². The van der Waals surface area contributed by atoms with Crippen molar-refractivity contribution in [2.45, 2.75) is 25.4 Å². The number of ether oxygens (including phenoxy) is 1. The van der Waals surface area contributed by atoms with Crippen LogP contribution in [0.15, 0.2) is 10.7 Å². The molecule has 2 rings (SSSR count). The first-order chi connectivity index (χ1) is 6.68. The van der Waals surface area contributed by atoms with Crippen molar-refractivity contribution in [1.29, 1.82) is 0 Å². The molecule has 0 aromatic carbocycles. The minimum absolute atomic E-state index is 0.123. The summed E-state index contributed by atoms with van der Waals surface area (Å²) < 4.78 is 19.4. The van der Waals surface area contributed by atoms with Gasteiger partial charge in [-0.3, -0.25) is 0 Å². The fourth-order valence-electron chi connectivity index (χ4n) is 1.23. The van der Waals surface area contributed by atoms with Crippen molar-refractivity contribution >= 4 is 21.7 Å². The molecule has 0 atom stereocenters. The fourth-order valence-corrected chi connectivity index (χ4v) is 1.60. The van der Waals surface area contributed by atoms with Crippen molar-refractivity contribution in [2.75, 3.05) is 5.73 Å². The van der Waals surface area contributed by atoms with Crippen LogP contribution < -0.4 is 10.5 Å². The third kappa shape index (κ3) is 1.68. The molecule has 0 spiro atoms. The molecule has 0 saturated heterocycles. The molecule has 1 saturated carbocycles. The van der Waals surface area contributed by atoms with Crippen molar-refractivity contribution in [3.8, 4) is 5.75 Å². The lowest BCUT2D eigenvalue weighted by molar-refractivity contribution is 0.114. The Morgan fingerprint density at radius 1 is 1.57 bits per heavy atom. The third-order valence-electron chi connectivity index (χ3n) is 2.29. The monoisotopic (exact) mass is 260 g/mol. The summed E-state index contributed by atoms with van der Waals surface area (Å²) in [6.45, 7) is 0. The van der Waals surface area contributed by atoms with Crippen LogP contribution in [-0.4, -0.2) is 11.1 Å². The van der Waals surface area contributed by atoms with Crippen LogP contribution in [-0.2, 0) is 0 Å². The maximum Gasteiger partial charge on any atom is 0.208 e. The van der Waals surface area contributed by atoms with Crippen LogP contribution in [0.2, 0.25) is 0 Å². The summed E-state index contributed by atoms with van der Waals surface area (Å²) in [6, 6.07) is 0. The zero-order valence-corrected chi connectivity index (χ0v) is 9.05. The predicted octanol–water partition coefficient (Wildman–Crippen LogP) is 2.50. The number of anilines is 1. The molecule has 1 fully saturated rings. The molecule has 2 N–H and O–H groups in total. The second-order valence-electron chi connectivity index (χ2n) is 3.31. The van der Waals surface area contributed by atoms with Gasteiger partial charge in [-0.05, 0) is 35.2 Å². The number of nitrogens with zero attached hydrogens (tertiary/aromatic N) is 1. The summed E-state index contributed by atoms with van der Waals surface area (Å²) >= 11 is 3.18. The van der Waals surface area contributed by atoms with Gasteiger partial charge < -0.3 is 10.5 Å². The van der Waals surface area contributed by atoms with E-state index < -0.39 is 5.82 Å². The van der Waals surface area contributed by atoms with Crippen molar-refractivity contribution in [3.63, 3.8) is 0 Å². The SMILES string of the molecule is Nc1ncc(Br)c(OC2CCC2)c1F. The van der Waals surface area contributed by atoms with Crippen molar-refractivity contribution in [3.05, 3.63) is 16.5 Å². The van der Waals surface area contributed by atoms with Gasteiger partial charge in [-0.1, -0.05) is 0 Å². The highest BCUT2D eigenvalue weighted by Gasteiger charge is 2.23. The molecule has 5 heteroatoms. The van der Waals surface area contributed by atoms with Crippen LogP contribution in [0.3, 0.4) is 0 Å². The first-order valence-electron chi connectivity index (χ1n) is 4.44. The van der Waals surface area contributed by atoms with E-state index in [-0.39, 0.29) is 17.7 Å². The van der Waals surface area contributed by atoms with Gasteiger partial charge in [0.05, 0.1) is 10.6 Å². The zero-order valence-electron chi connectivity index (χ0n) is 7.46. The number of hydrogen-bond acceptors (Lipinski definition) is 3. The summed E-state index contributed by atoms with van der Waals surface area (Å²) in [6.07, 6.45) is 4.68. The highest BCUT2D eigenvalue weighted by molar-refractivity contribution is 9.10. The number of nitrogens with two attached hydrogens (primary N) is 1. The number of hydrogen-bond donors (Lipinski definition) is 1. The number of rotatable bonds is 2. The highest BCUT2D eigenvalue weighted by atomic mass is 79.9. The van der Waals surface area contributed by atoms with Crippen LogP contribution in [0, 0.1) is 5.82 Å². The molecular weight excluding hydrogens is 251 g/mol. The van der Waals surface area contributed by atoms with E-state index in [1.165, 1.54) is 6.20 Å². The molecule has 0 amide bonds. The molecule has 1 aromatic heterocycles. The van der Waals surface area contributed by atoms with E-state index >= 15 is 0 Å². The topological polar surface area (TPSA) is 48.1 Å². The normalized spacial score (nSPS) is 16.4. The second kappa shape index (κ2) is 3.73. The van der Waals surface area contributed by atoms with E-state index in [9.17, 15) is 4.39 Å². The van der Waals surface area contributed by atoms with E-state index in [0.29, 0.717) is 4.47 Å². The van der Waals surface area contributed by atoms with E-state index in [0.717, 1.165) is 19.3 Å². The Morgan fingerprint density at radius 2 is 2.29 bits per heavy atom. The standard InChI is InChI=1S/C9H10BrFN2O/c10-6-4-13-9(12)7(11)8(6)14-5-2-1-3-5/h4-5H,1-3H2,(H2,12,13). The number of aromatic nitrogens is 1. The average Bonchev–Trinajstić information content (AvgIpc) is 2.09. The third-order valence-corrected chi connectivity index (χ3v) is 2.86. The quantitative estimate of drug-likeness (QED) is 0.889. The smallest absolute Gasteiger partial charge is 0.208 e. The number of nitrogen functional groups attached to an aromatic ring is 1. The fraction of sp³-hybridized carbons (Fsp3) is 0.444. The minimum atomic E-state index is -0.578. The molecule has 1 aromatic rings. The molecule has 1 aliphatic carbocycles. The Labute approximate surface area is 89.6 Å². The van der Waals surface area contributed by atoms with Gasteiger partial charge in [-0.2, -0.15) is 4.39 Å². The Kier molecular flexibility index (Phi) is 2.58. The van der Waals surface area contributed by atoms with E-state index in [2.05, 4.69) is 20.9 Å². The summed E-state index contributed by atoms with van der Waals surface area (Å²) in [7, 11) is 0. The molecule has 3 nitrogen and oxygen atoms in total. The number of pyridine rings is 1.